The molecule has 7 unspecified atom stereocenters. The van der Waals surface area contributed by atoms with Crippen molar-refractivity contribution in [3.63, 3.8) is 0 Å². The lowest BCUT2D eigenvalue weighted by Crippen LogP contribution is -2.50. The maximum atomic E-state index is 12.1. The Balaban J connectivity index is 1.41. The van der Waals surface area contributed by atoms with Crippen LogP contribution in [0.15, 0.2) is 11.6 Å². The minimum absolute atomic E-state index is 0.00853. The van der Waals surface area contributed by atoms with Gasteiger partial charge in [0.05, 0.1) is 0 Å². The highest BCUT2D eigenvalue weighted by molar-refractivity contribution is 5.69. The first-order valence-electron chi connectivity index (χ1n) is 14.2. The van der Waals surface area contributed by atoms with E-state index < -0.39 is 0 Å². The van der Waals surface area contributed by atoms with Gasteiger partial charge in [-0.25, -0.2) is 0 Å². The van der Waals surface area contributed by atoms with Gasteiger partial charge in [0, 0.05) is 12.8 Å². The Morgan fingerprint density at radius 1 is 1.09 bits per heavy atom. The summed E-state index contributed by atoms with van der Waals surface area (Å²) in [7, 11) is 0. The van der Waals surface area contributed by atoms with Crippen LogP contribution in [0.25, 0.3) is 0 Å². The number of hydrogen-bond donors (Lipinski definition) is 0. The Labute approximate surface area is 198 Å². The van der Waals surface area contributed by atoms with E-state index in [1.54, 1.807) is 5.57 Å². The van der Waals surface area contributed by atoms with Gasteiger partial charge in [-0.1, -0.05) is 65.5 Å². The fraction of sp³-hybridized carbons (Fsp3) is 0.900. The molecule has 0 heterocycles. The van der Waals surface area contributed by atoms with Gasteiger partial charge in [-0.05, 0) is 98.2 Å². The molecule has 0 bridgehead atoms. The molecule has 0 aromatic rings. The van der Waals surface area contributed by atoms with Gasteiger partial charge in [0.2, 0.25) is 0 Å². The molecule has 2 nitrogen and oxygen atoms in total. The summed E-state index contributed by atoms with van der Waals surface area (Å²) in [6, 6.07) is 0. The summed E-state index contributed by atoms with van der Waals surface area (Å²) in [6.07, 6.45) is 20.3. The average molecular weight is 443 g/mol. The molecule has 182 valence electrons. The number of unbranched alkanes of at least 4 members (excludes halogenated alkanes) is 1. The van der Waals surface area contributed by atoms with Crippen LogP contribution in [0.5, 0.6) is 0 Å². The molecular formula is C30H50O2. The Kier molecular flexibility index (Phi) is 7.48. The number of allylic oxidation sites excluding steroid dienone is 1. The summed E-state index contributed by atoms with van der Waals surface area (Å²) in [4.78, 5) is 12.1. The standard InChI is InChI=1S/C30H50O2/c1-6-9-28(31)32-24-16-18-30(5)23(20-24)12-14-25-26-15-13-22(11-8-7-10-21(2)3)29(26,4)19-17-27(25)30/h12,21-22,24-27H,6-11,13-20H2,1-5H3. The van der Waals surface area contributed by atoms with E-state index in [-0.39, 0.29) is 12.1 Å². The van der Waals surface area contributed by atoms with Crippen LogP contribution in [0.2, 0.25) is 0 Å². The zero-order valence-electron chi connectivity index (χ0n) is 21.8. The second-order valence-corrected chi connectivity index (χ2v) is 12.9. The van der Waals surface area contributed by atoms with Crippen molar-refractivity contribution in [2.45, 2.75) is 131 Å². The first-order chi connectivity index (χ1) is 15.3. The molecule has 0 spiro atoms. The van der Waals surface area contributed by atoms with Crippen LogP contribution < -0.4 is 0 Å². The highest BCUT2D eigenvalue weighted by atomic mass is 16.5. The van der Waals surface area contributed by atoms with Crippen LogP contribution in [0.3, 0.4) is 0 Å². The Morgan fingerprint density at radius 3 is 2.66 bits per heavy atom. The number of fused-ring (bicyclic) bond motifs is 5. The van der Waals surface area contributed by atoms with E-state index in [4.69, 9.17) is 4.74 Å². The summed E-state index contributed by atoms with van der Waals surface area (Å²) in [5, 5.41) is 0. The molecule has 0 aromatic heterocycles. The van der Waals surface area contributed by atoms with Gasteiger partial charge >= 0.3 is 5.97 Å². The minimum Gasteiger partial charge on any atom is -0.462 e. The minimum atomic E-state index is 0.00853. The van der Waals surface area contributed by atoms with Crippen LogP contribution in [-0.2, 0) is 9.53 Å². The molecule has 3 fully saturated rings. The predicted octanol–water partition coefficient (Wildman–Crippen LogP) is 8.49. The maximum absolute atomic E-state index is 12.1. The van der Waals surface area contributed by atoms with Gasteiger partial charge in [-0.2, -0.15) is 0 Å². The van der Waals surface area contributed by atoms with Crippen molar-refractivity contribution in [1.29, 1.82) is 0 Å². The van der Waals surface area contributed by atoms with Gasteiger partial charge in [0.15, 0.2) is 0 Å². The van der Waals surface area contributed by atoms with Crippen molar-refractivity contribution in [2.24, 2.45) is 40.4 Å². The van der Waals surface area contributed by atoms with Gasteiger partial charge in [-0.3, -0.25) is 4.79 Å². The summed E-state index contributed by atoms with van der Waals surface area (Å²) in [5.41, 5.74) is 2.58. The van der Waals surface area contributed by atoms with E-state index in [0.29, 0.717) is 17.3 Å². The number of carbonyl (C=O) groups excluding carboxylic acids is 1. The summed E-state index contributed by atoms with van der Waals surface area (Å²) >= 11 is 0. The molecule has 4 aliphatic carbocycles. The van der Waals surface area contributed by atoms with Gasteiger partial charge in [-0.15, -0.1) is 0 Å². The Bertz CT molecular complexity index is 693. The lowest BCUT2D eigenvalue weighted by molar-refractivity contribution is -0.151. The molecule has 0 radical (unpaired) electrons. The van der Waals surface area contributed by atoms with Crippen molar-refractivity contribution in [3.8, 4) is 0 Å². The first-order valence-corrected chi connectivity index (χ1v) is 14.2. The SMILES string of the molecule is CCCC(=O)OC1CCC2(C)C(=CCC3C2CCC2(C)C(CCCCC(C)C)CCC32)C1. The monoisotopic (exact) mass is 442 g/mol. The third-order valence-electron chi connectivity index (χ3n) is 10.6. The lowest BCUT2D eigenvalue weighted by Gasteiger charge is -2.58. The summed E-state index contributed by atoms with van der Waals surface area (Å²) in [5.74, 6) is 4.51. The number of ether oxygens (including phenoxy) is 1. The smallest absolute Gasteiger partial charge is 0.306 e. The van der Waals surface area contributed by atoms with E-state index in [1.807, 2.05) is 0 Å². The molecule has 3 saturated carbocycles. The third kappa shape index (κ3) is 4.58. The van der Waals surface area contributed by atoms with Gasteiger partial charge < -0.3 is 4.74 Å². The molecule has 7 atom stereocenters. The second-order valence-electron chi connectivity index (χ2n) is 12.9. The largest absolute Gasteiger partial charge is 0.462 e. The van der Waals surface area contributed by atoms with Crippen LogP contribution in [0.1, 0.15) is 125 Å². The zero-order valence-corrected chi connectivity index (χ0v) is 21.8. The van der Waals surface area contributed by atoms with Crippen molar-refractivity contribution in [3.05, 3.63) is 11.6 Å². The summed E-state index contributed by atoms with van der Waals surface area (Å²) < 4.78 is 5.84. The van der Waals surface area contributed by atoms with Gasteiger partial charge in [0.1, 0.15) is 6.10 Å². The molecule has 32 heavy (non-hydrogen) atoms. The van der Waals surface area contributed by atoms with Crippen molar-refractivity contribution in [2.75, 3.05) is 0 Å². The van der Waals surface area contributed by atoms with Crippen LogP contribution in [0, 0.1) is 40.4 Å². The van der Waals surface area contributed by atoms with Crippen molar-refractivity contribution >= 4 is 5.97 Å². The van der Waals surface area contributed by atoms with Crippen LogP contribution in [-0.4, -0.2) is 12.1 Å². The Morgan fingerprint density at radius 2 is 1.91 bits per heavy atom. The Hall–Kier alpha value is -0.790. The normalized spacial score (nSPS) is 40.9. The summed E-state index contributed by atoms with van der Waals surface area (Å²) in [6.45, 7) is 12.0. The molecule has 2 heteroatoms. The van der Waals surface area contributed by atoms with E-state index in [9.17, 15) is 4.79 Å². The molecule has 4 aliphatic rings. The first kappa shape index (κ1) is 24.3. The van der Waals surface area contributed by atoms with E-state index in [0.717, 1.165) is 48.9 Å². The second kappa shape index (κ2) is 9.83. The highest BCUT2D eigenvalue weighted by Crippen LogP contribution is 2.66. The third-order valence-corrected chi connectivity index (χ3v) is 10.6. The predicted molar refractivity (Wildman–Crippen MR) is 133 cm³/mol. The zero-order chi connectivity index (χ0) is 22.9. The highest BCUT2D eigenvalue weighted by Gasteiger charge is 2.58. The molecule has 0 amide bonds. The van der Waals surface area contributed by atoms with E-state index >= 15 is 0 Å². The molecule has 0 N–H and O–H groups in total. The van der Waals surface area contributed by atoms with Crippen LogP contribution >= 0.6 is 0 Å². The molecule has 0 aliphatic heterocycles. The van der Waals surface area contributed by atoms with Crippen LogP contribution in [0.4, 0.5) is 0 Å². The number of esters is 1. The molecule has 4 rings (SSSR count). The van der Waals surface area contributed by atoms with Crippen molar-refractivity contribution < 1.29 is 9.53 Å². The number of rotatable bonds is 8. The fourth-order valence-corrected chi connectivity index (χ4v) is 8.70. The topological polar surface area (TPSA) is 26.3 Å². The van der Waals surface area contributed by atoms with Gasteiger partial charge in [0.25, 0.3) is 0 Å². The molecular weight excluding hydrogens is 392 g/mol. The van der Waals surface area contributed by atoms with E-state index in [1.165, 1.54) is 64.2 Å². The average Bonchev–Trinajstić information content (AvgIpc) is 3.08. The number of carbonyl (C=O) groups is 1. The fourth-order valence-electron chi connectivity index (χ4n) is 8.70. The lowest BCUT2D eigenvalue weighted by atomic mass is 9.47. The van der Waals surface area contributed by atoms with E-state index in [2.05, 4.69) is 40.7 Å². The molecule has 0 aromatic carbocycles. The molecule has 0 saturated heterocycles. The van der Waals surface area contributed by atoms with Crippen molar-refractivity contribution in [1.82, 2.24) is 0 Å². The number of hydrogen-bond acceptors (Lipinski definition) is 2. The quantitative estimate of drug-likeness (QED) is 0.214. The maximum Gasteiger partial charge on any atom is 0.306 e.